The van der Waals surface area contributed by atoms with Gasteiger partial charge in [0.15, 0.2) is 0 Å². The quantitative estimate of drug-likeness (QED) is 0.833. The van der Waals surface area contributed by atoms with Crippen LogP contribution in [0.15, 0.2) is 12.3 Å². The molecule has 4 nitrogen and oxygen atoms in total. The number of anilines is 2. The molecule has 1 aromatic rings. The van der Waals surface area contributed by atoms with Crippen molar-refractivity contribution in [2.75, 3.05) is 23.8 Å². The van der Waals surface area contributed by atoms with Gasteiger partial charge in [0.2, 0.25) is 0 Å². The summed E-state index contributed by atoms with van der Waals surface area (Å²) in [5.74, 6) is 0.923. The normalized spacial score (nSPS) is 28.2. The minimum Gasteiger partial charge on any atom is -0.397 e. The van der Waals surface area contributed by atoms with Crippen LogP contribution in [0, 0.1) is 0 Å². The van der Waals surface area contributed by atoms with E-state index in [2.05, 4.69) is 9.88 Å². The Morgan fingerprint density at radius 3 is 3.18 bits per heavy atom. The molecule has 2 aliphatic rings. The second-order valence-corrected chi connectivity index (χ2v) is 5.07. The summed E-state index contributed by atoms with van der Waals surface area (Å²) in [5, 5.41) is 0.519. The van der Waals surface area contributed by atoms with Gasteiger partial charge in [0.05, 0.1) is 29.5 Å². The first-order chi connectivity index (χ1) is 8.25. The average Bonchev–Trinajstić information content (AvgIpc) is 2.80. The first-order valence-corrected chi connectivity index (χ1v) is 6.43. The van der Waals surface area contributed by atoms with Gasteiger partial charge in [-0.1, -0.05) is 11.6 Å². The fraction of sp³-hybridized carbons (Fsp3) is 0.583. The molecule has 2 unspecified atom stereocenters. The van der Waals surface area contributed by atoms with E-state index in [1.54, 1.807) is 6.20 Å². The maximum Gasteiger partial charge on any atom is 0.131 e. The second kappa shape index (κ2) is 4.35. The third-order valence-corrected chi connectivity index (χ3v) is 3.96. The predicted molar refractivity (Wildman–Crippen MR) is 68.4 cm³/mol. The van der Waals surface area contributed by atoms with Crippen molar-refractivity contribution in [2.24, 2.45) is 0 Å². The van der Waals surface area contributed by atoms with Crippen LogP contribution >= 0.6 is 11.6 Å². The second-order valence-electron chi connectivity index (χ2n) is 4.66. The van der Waals surface area contributed by atoms with Crippen LogP contribution in [0.3, 0.4) is 0 Å². The van der Waals surface area contributed by atoms with Crippen LogP contribution in [0.5, 0.6) is 0 Å². The first-order valence-electron chi connectivity index (χ1n) is 6.05. The number of hydrogen-bond acceptors (Lipinski definition) is 4. The van der Waals surface area contributed by atoms with Crippen LogP contribution in [-0.2, 0) is 4.74 Å². The lowest BCUT2D eigenvalue weighted by Crippen LogP contribution is -2.49. The number of aromatic nitrogens is 1. The van der Waals surface area contributed by atoms with Crippen LogP contribution in [0.4, 0.5) is 11.5 Å². The lowest BCUT2D eigenvalue weighted by atomic mass is 10.1. The van der Waals surface area contributed by atoms with E-state index in [0.29, 0.717) is 22.9 Å². The molecule has 1 saturated carbocycles. The van der Waals surface area contributed by atoms with Crippen molar-refractivity contribution in [3.8, 4) is 0 Å². The van der Waals surface area contributed by atoms with Gasteiger partial charge in [0, 0.05) is 18.8 Å². The van der Waals surface area contributed by atoms with Gasteiger partial charge in [0.1, 0.15) is 5.82 Å². The van der Waals surface area contributed by atoms with E-state index in [-0.39, 0.29) is 0 Å². The van der Waals surface area contributed by atoms with Crippen LogP contribution in [0.1, 0.15) is 19.3 Å². The number of nitrogens with zero attached hydrogens (tertiary/aromatic N) is 2. The molecule has 1 aliphatic carbocycles. The highest BCUT2D eigenvalue weighted by Gasteiger charge is 2.36. The molecule has 0 aromatic carbocycles. The van der Waals surface area contributed by atoms with Crippen LogP contribution in [0.2, 0.25) is 5.02 Å². The molecule has 2 heterocycles. The van der Waals surface area contributed by atoms with Crippen molar-refractivity contribution in [3.63, 3.8) is 0 Å². The number of hydrogen-bond donors (Lipinski definition) is 1. The van der Waals surface area contributed by atoms with Crippen LogP contribution < -0.4 is 10.6 Å². The van der Waals surface area contributed by atoms with Gasteiger partial charge in [-0.2, -0.15) is 0 Å². The summed E-state index contributed by atoms with van der Waals surface area (Å²) in [5.41, 5.74) is 6.43. The summed E-state index contributed by atoms with van der Waals surface area (Å²) < 4.78 is 5.78. The van der Waals surface area contributed by atoms with E-state index in [4.69, 9.17) is 22.1 Å². The molecule has 2 fully saturated rings. The Morgan fingerprint density at radius 1 is 1.47 bits per heavy atom. The molecule has 3 rings (SSSR count). The van der Waals surface area contributed by atoms with Crippen molar-refractivity contribution in [1.29, 1.82) is 0 Å². The van der Waals surface area contributed by atoms with E-state index in [9.17, 15) is 0 Å². The van der Waals surface area contributed by atoms with Crippen molar-refractivity contribution < 1.29 is 4.74 Å². The highest BCUT2D eigenvalue weighted by atomic mass is 35.5. The summed E-state index contributed by atoms with van der Waals surface area (Å²) in [6.45, 7) is 1.65. The summed E-state index contributed by atoms with van der Waals surface area (Å²) in [4.78, 5) is 6.69. The number of morpholine rings is 1. The summed E-state index contributed by atoms with van der Waals surface area (Å²) >= 11 is 5.90. The molecule has 0 spiro atoms. The molecule has 1 saturated heterocycles. The van der Waals surface area contributed by atoms with Crippen LogP contribution in [0.25, 0.3) is 0 Å². The molecule has 0 radical (unpaired) electrons. The molecular formula is C12H16ClN3O. The van der Waals surface area contributed by atoms with E-state index < -0.39 is 0 Å². The number of ether oxygens (including phenoxy) is 1. The third-order valence-electron chi connectivity index (χ3n) is 3.65. The maximum atomic E-state index is 5.90. The number of pyridine rings is 1. The van der Waals surface area contributed by atoms with Crippen LogP contribution in [-0.4, -0.2) is 30.3 Å². The number of nitrogens with two attached hydrogens (primary N) is 1. The average molecular weight is 254 g/mol. The van der Waals surface area contributed by atoms with Gasteiger partial charge < -0.3 is 15.4 Å². The number of nitrogen functional groups attached to an aromatic ring is 1. The Bertz CT molecular complexity index is 426. The van der Waals surface area contributed by atoms with Gasteiger partial charge in [-0.3, -0.25) is 0 Å². The molecular weight excluding hydrogens is 238 g/mol. The van der Waals surface area contributed by atoms with Gasteiger partial charge >= 0.3 is 0 Å². The number of fused-ring (bicyclic) bond motifs is 1. The molecule has 5 heteroatoms. The van der Waals surface area contributed by atoms with E-state index in [1.807, 2.05) is 6.07 Å². The molecule has 0 bridgehead atoms. The summed E-state index contributed by atoms with van der Waals surface area (Å²) in [7, 11) is 0. The molecule has 1 aromatic heterocycles. The predicted octanol–water partition coefficient (Wildman–Crippen LogP) is 2.07. The molecule has 1 aliphatic heterocycles. The smallest absolute Gasteiger partial charge is 0.131 e. The van der Waals surface area contributed by atoms with Gasteiger partial charge in [0.25, 0.3) is 0 Å². The van der Waals surface area contributed by atoms with Gasteiger partial charge in [-0.15, -0.1) is 0 Å². The number of halogens is 1. The third kappa shape index (κ3) is 1.96. The summed E-state index contributed by atoms with van der Waals surface area (Å²) in [6.07, 6.45) is 5.56. The Morgan fingerprint density at radius 2 is 2.35 bits per heavy atom. The minimum absolute atomic E-state index is 0.363. The standard InChI is InChI=1S/C12H16ClN3O/c13-8-7-15-12(6-9(8)14)16-4-5-17-11-3-1-2-10(11)16/h6-7,10-11H,1-5H2,(H2,14,15). The van der Waals surface area contributed by atoms with Crippen molar-refractivity contribution in [1.82, 2.24) is 4.98 Å². The SMILES string of the molecule is Nc1cc(N2CCOC3CCCC32)ncc1Cl. The van der Waals surface area contributed by atoms with Crippen molar-refractivity contribution in [3.05, 3.63) is 17.3 Å². The molecule has 2 N–H and O–H groups in total. The summed E-state index contributed by atoms with van der Waals surface area (Å²) in [6, 6.07) is 2.32. The maximum absolute atomic E-state index is 5.90. The Kier molecular flexibility index (Phi) is 2.84. The molecule has 0 amide bonds. The monoisotopic (exact) mass is 253 g/mol. The van der Waals surface area contributed by atoms with E-state index in [0.717, 1.165) is 25.4 Å². The topological polar surface area (TPSA) is 51.4 Å². The minimum atomic E-state index is 0.363. The fourth-order valence-electron chi connectivity index (χ4n) is 2.81. The highest BCUT2D eigenvalue weighted by Crippen LogP contribution is 2.33. The largest absolute Gasteiger partial charge is 0.397 e. The lowest BCUT2D eigenvalue weighted by Gasteiger charge is -2.38. The zero-order valence-corrected chi connectivity index (χ0v) is 10.4. The molecule has 17 heavy (non-hydrogen) atoms. The van der Waals surface area contributed by atoms with E-state index in [1.165, 1.54) is 12.8 Å². The van der Waals surface area contributed by atoms with Crippen molar-refractivity contribution in [2.45, 2.75) is 31.4 Å². The zero-order valence-electron chi connectivity index (χ0n) is 9.60. The molecule has 92 valence electrons. The Balaban J connectivity index is 1.89. The van der Waals surface area contributed by atoms with Gasteiger partial charge in [-0.05, 0) is 19.3 Å². The number of rotatable bonds is 1. The van der Waals surface area contributed by atoms with Crippen molar-refractivity contribution >= 4 is 23.1 Å². The fourth-order valence-corrected chi connectivity index (χ4v) is 2.91. The highest BCUT2D eigenvalue weighted by molar-refractivity contribution is 6.32. The Labute approximate surface area is 106 Å². The Hall–Kier alpha value is -1.00. The van der Waals surface area contributed by atoms with Gasteiger partial charge in [-0.25, -0.2) is 4.98 Å². The van der Waals surface area contributed by atoms with E-state index >= 15 is 0 Å². The first kappa shape index (κ1) is 11.1. The molecule has 2 atom stereocenters. The zero-order chi connectivity index (χ0) is 11.8. The lowest BCUT2D eigenvalue weighted by molar-refractivity contribution is 0.0253.